The van der Waals surface area contributed by atoms with E-state index in [0.717, 1.165) is 0 Å². The summed E-state index contributed by atoms with van der Waals surface area (Å²) in [6.07, 6.45) is 0. The van der Waals surface area contributed by atoms with E-state index in [1.807, 2.05) is 0 Å². The highest BCUT2D eigenvalue weighted by atomic mass is 79.9. The molecule has 0 amide bonds. The topological polar surface area (TPSA) is 64.6 Å². The van der Waals surface area contributed by atoms with Crippen LogP contribution < -0.4 is 14.2 Å². The summed E-state index contributed by atoms with van der Waals surface area (Å²) in [6.45, 7) is 0.106. The Morgan fingerprint density at radius 3 is 2.50 bits per heavy atom. The Kier molecular flexibility index (Phi) is 5.44. The lowest BCUT2D eigenvalue weighted by Gasteiger charge is -2.12. The summed E-state index contributed by atoms with van der Waals surface area (Å²) >= 11 is 3.26. The number of sulfonamides is 1. The second kappa shape index (κ2) is 7.13. The van der Waals surface area contributed by atoms with Gasteiger partial charge in [0.1, 0.15) is 11.5 Å². The van der Waals surface area contributed by atoms with Gasteiger partial charge < -0.3 is 9.47 Å². The minimum absolute atomic E-state index is 0.106. The van der Waals surface area contributed by atoms with Crippen molar-refractivity contribution in [2.45, 2.75) is 11.4 Å². The van der Waals surface area contributed by atoms with Gasteiger partial charge in [-0.15, -0.1) is 0 Å². The van der Waals surface area contributed by atoms with E-state index in [2.05, 4.69) is 20.7 Å². The van der Waals surface area contributed by atoms with Crippen molar-refractivity contribution in [3.05, 3.63) is 52.5 Å². The molecule has 0 aliphatic rings. The van der Waals surface area contributed by atoms with E-state index in [9.17, 15) is 8.42 Å². The van der Waals surface area contributed by atoms with Crippen molar-refractivity contribution in [2.24, 2.45) is 0 Å². The molecule has 0 radical (unpaired) electrons. The highest BCUT2D eigenvalue weighted by Gasteiger charge is 2.15. The highest BCUT2D eigenvalue weighted by molar-refractivity contribution is 9.10. The first kappa shape index (κ1) is 16.8. The molecule has 5 nitrogen and oxygen atoms in total. The van der Waals surface area contributed by atoms with E-state index >= 15 is 0 Å². The number of ether oxygens (including phenoxy) is 2. The maximum Gasteiger partial charge on any atom is 0.240 e. The lowest BCUT2D eigenvalue weighted by Crippen LogP contribution is -2.23. The molecule has 118 valence electrons. The Hall–Kier alpha value is -1.57. The molecule has 22 heavy (non-hydrogen) atoms. The molecule has 0 saturated carbocycles. The molecule has 7 heteroatoms. The van der Waals surface area contributed by atoms with Crippen LogP contribution in [0.1, 0.15) is 5.56 Å². The van der Waals surface area contributed by atoms with Crippen LogP contribution in [-0.2, 0) is 16.6 Å². The molecule has 0 aliphatic heterocycles. The van der Waals surface area contributed by atoms with Crippen LogP contribution in [0.2, 0.25) is 0 Å². The molecule has 0 fully saturated rings. The standard InChI is InChI=1S/C15H16BrNO4S/c1-20-13-6-7-15(21-2)11(8-13)10-17-22(18,19)14-5-3-4-12(16)9-14/h3-9,17H,10H2,1-2H3. The molecular weight excluding hydrogens is 370 g/mol. The third-order valence-corrected chi connectivity index (χ3v) is 4.94. The van der Waals surface area contributed by atoms with Crippen LogP contribution in [0.4, 0.5) is 0 Å². The van der Waals surface area contributed by atoms with Crippen LogP contribution in [0.3, 0.4) is 0 Å². The van der Waals surface area contributed by atoms with Crippen molar-refractivity contribution in [3.63, 3.8) is 0 Å². The summed E-state index contributed by atoms with van der Waals surface area (Å²) < 4.78 is 38.3. The number of nitrogens with one attached hydrogen (secondary N) is 1. The zero-order chi connectivity index (χ0) is 16.2. The quantitative estimate of drug-likeness (QED) is 0.829. The van der Waals surface area contributed by atoms with Gasteiger partial charge in [-0.1, -0.05) is 22.0 Å². The zero-order valence-corrected chi connectivity index (χ0v) is 14.6. The van der Waals surface area contributed by atoms with Crippen LogP contribution >= 0.6 is 15.9 Å². The fourth-order valence-corrected chi connectivity index (χ4v) is 3.51. The van der Waals surface area contributed by atoms with E-state index in [-0.39, 0.29) is 11.4 Å². The summed E-state index contributed by atoms with van der Waals surface area (Å²) in [5.74, 6) is 1.23. The maximum absolute atomic E-state index is 12.3. The number of hydrogen-bond acceptors (Lipinski definition) is 4. The van der Waals surface area contributed by atoms with Crippen LogP contribution in [0.15, 0.2) is 51.8 Å². The Balaban J connectivity index is 2.22. The van der Waals surface area contributed by atoms with Gasteiger partial charge in [-0.2, -0.15) is 0 Å². The second-order valence-electron chi connectivity index (χ2n) is 4.46. The van der Waals surface area contributed by atoms with Gasteiger partial charge in [0, 0.05) is 16.6 Å². The van der Waals surface area contributed by atoms with Crippen molar-refractivity contribution in [1.29, 1.82) is 0 Å². The summed E-state index contributed by atoms with van der Waals surface area (Å²) in [4.78, 5) is 0.198. The Labute approximate surface area is 138 Å². The maximum atomic E-state index is 12.3. The molecule has 2 rings (SSSR count). The van der Waals surface area contributed by atoms with Crippen molar-refractivity contribution >= 4 is 26.0 Å². The Bertz CT molecular complexity index is 762. The van der Waals surface area contributed by atoms with Crippen LogP contribution in [0.25, 0.3) is 0 Å². The van der Waals surface area contributed by atoms with E-state index in [1.165, 1.54) is 13.2 Å². The van der Waals surface area contributed by atoms with Crippen LogP contribution in [0.5, 0.6) is 11.5 Å². The molecule has 0 aromatic heterocycles. The molecule has 0 atom stereocenters. The van der Waals surface area contributed by atoms with Gasteiger partial charge in [-0.3, -0.25) is 0 Å². The van der Waals surface area contributed by atoms with Gasteiger partial charge >= 0.3 is 0 Å². The highest BCUT2D eigenvalue weighted by Crippen LogP contribution is 2.24. The fourth-order valence-electron chi connectivity index (χ4n) is 1.91. The molecule has 2 aromatic carbocycles. The lowest BCUT2D eigenvalue weighted by atomic mass is 10.2. The summed E-state index contributed by atoms with van der Waals surface area (Å²) in [5, 5.41) is 0. The number of rotatable bonds is 6. The van der Waals surface area contributed by atoms with Gasteiger partial charge in [-0.25, -0.2) is 13.1 Å². The van der Waals surface area contributed by atoms with Crippen LogP contribution in [0, 0.1) is 0 Å². The van der Waals surface area contributed by atoms with E-state index in [0.29, 0.717) is 21.5 Å². The van der Waals surface area contributed by atoms with Crippen molar-refractivity contribution in [3.8, 4) is 11.5 Å². The van der Waals surface area contributed by atoms with E-state index in [1.54, 1.807) is 43.5 Å². The summed E-state index contributed by atoms with van der Waals surface area (Å²) in [5.41, 5.74) is 0.695. The Morgan fingerprint density at radius 2 is 1.86 bits per heavy atom. The molecule has 2 aromatic rings. The first-order valence-electron chi connectivity index (χ1n) is 6.42. The molecule has 0 spiro atoms. The normalized spacial score (nSPS) is 11.2. The average molecular weight is 386 g/mol. The zero-order valence-electron chi connectivity index (χ0n) is 12.2. The number of methoxy groups -OCH3 is 2. The third kappa shape index (κ3) is 4.00. The largest absolute Gasteiger partial charge is 0.497 e. The fraction of sp³-hybridized carbons (Fsp3) is 0.200. The predicted octanol–water partition coefficient (Wildman–Crippen LogP) is 2.94. The van der Waals surface area contributed by atoms with Gasteiger partial charge in [-0.05, 0) is 36.4 Å². The van der Waals surface area contributed by atoms with Crippen LogP contribution in [-0.4, -0.2) is 22.6 Å². The smallest absolute Gasteiger partial charge is 0.240 e. The first-order chi connectivity index (χ1) is 10.5. The predicted molar refractivity (Wildman–Crippen MR) is 87.7 cm³/mol. The molecular formula is C15H16BrNO4S. The Morgan fingerprint density at radius 1 is 1.09 bits per heavy atom. The van der Waals surface area contributed by atoms with E-state index < -0.39 is 10.0 Å². The third-order valence-electron chi connectivity index (χ3n) is 3.05. The molecule has 0 heterocycles. The monoisotopic (exact) mass is 385 g/mol. The summed E-state index contributed by atoms with van der Waals surface area (Å²) in [6, 6.07) is 11.8. The minimum Gasteiger partial charge on any atom is -0.497 e. The van der Waals surface area contributed by atoms with E-state index in [4.69, 9.17) is 9.47 Å². The van der Waals surface area contributed by atoms with Crippen molar-refractivity contribution in [1.82, 2.24) is 4.72 Å². The number of halogens is 1. The summed E-state index contributed by atoms with van der Waals surface area (Å²) in [7, 11) is -0.513. The van der Waals surface area contributed by atoms with Gasteiger partial charge in [0.15, 0.2) is 0 Å². The van der Waals surface area contributed by atoms with Gasteiger partial charge in [0.25, 0.3) is 0 Å². The first-order valence-corrected chi connectivity index (χ1v) is 8.70. The van der Waals surface area contributed by atoms with Crippen molar-refractivity contribution in [2.75, 3.05) is 14.2 Å². The molecule has 1 N–H and O–H groups in total. The molecule has 0 aliphatic carbocycles. The molecule has 0 bridgehead atoms. The second-order valence-corrected chi connectivity index (χ2v) is 7.14. The number of benzene rings is 2. The molecule has 0 saturated heterocycles. The van der Waals surface area contributed by atoms with Crippen molar-refractivity contribution < 1.29 is 17.9 Å². The van der Waals surface area contributed by atoms with Gasteiger partial charge in [0.2, 0.25) is 10.0 Å². The molecule has 0 unspecified atom stereocenters. The SMILES string of the molecule is COc1ccc(OC)c(CNS(=O)(=O)c2cccc(Br)c2)c1. The lowest BCUT2D eigenvalue weighted by molar-refractivity contribution is 0.398. The minimum atomic E-state index is -3.60. The average Bonchev–Trinajstić information content (AvgIpc) is 2.52. The number of hydrogen-bond donors (Lipinski definition) is 1. The van der Waals surface area contributed by atoms with Gasteiger partial charge in [0.05, 0.1) is 19.1 Å².